The number of ketones is 1. The van der Waals surface area contributed by atoms with Crippen LogP contribution in [0.25, 0.3) is 6.08 Å². The fourth-order valence-electron chi connectivity index (χ4n) is 2.70. The standard InChI is InChI=1S/C23H19ClO5/c1-28-23-11-3-15(2-10-21(26)20-9-6-18(25)13-22(20)27)12-16(23)14-29-19-7-4-17(24)5-8-19/h2-13,25,27H,14H2,1H3/b10-2+. The minimum Gasteiger partial charge on any atom is -0.508 e. The number of carbonyl (C=O) groups is 1. The molecular weight excluding hydrogens is 392 g/mol. The number of ether oxygens (including phenoxy) is 2. The van der Waals surface area contributed by atoms with Crippen LogP contribution in [-0.4, -0.2) is 23.1 Å². The molecule has 3 aromatic rings. The Bertz CT molecular complexity index is 1040. The van der Waals surface area contributed by atoms with E-state index >= 15 is 0 Å². The first-order chi connectivity index (χ1) is 14.0. The minimum atomic E-state index is -0.378. The molecule has 0 unspecified atom stereocenters. The third kappa shape index (κ3) is 5.30. The molecule has 3 rings (SSSR count). The van der Waals surface area contributed by atoms with E-state index < -0.39 is 0 Å². The lowest BCUT2D eigenvalue weighted by molar-refractivity contribution is 0.104. The highest BCUT2D eigenvalue weighted by Gasteiger charge is 2.09. The monoisotopic (exact) mass is 410 g/mol. The van der Waals surface area contributed by atoms with Gasteiger partial charge in [0.25, 0.3) is 0 Å². The molecule has 0 amide bonds. The van der Waals surface area contributed by atoms with Crippen molar-refractivity contribution in [1.82, 2.24) is 0 Å². The molecule has 0 spiro atoms. The van der Waals surface area contributed by atoms with Crippen LogP contribution in [0.4, 0.5) is 0 Å². The molecule has 0 aliphatic rings. The molecule has 0 atom stereocenters. The molecule has 0 bridgehead atoms. The quantitative estimate of drug-likeness (QED) is 0.411. The van der Waals surface area contributed by atoms with Crippen LogP contribution in [0.1, 0.15) is 21.5 Å². The maximum absolute atomic E-state index is 12.3. The van der Waals surface area contributed by atoms with Crippen LogP contribution in [-0.2, 0) is 6.61 Å². The van der Waals surface area contributed by atoms with Crippen molar-refractivity contribution in [1.29, 1.82) is 0 Å². The second-order valence-electron chi connectivity index (χ2n) is 6.21. The van der Waals surface area contributed by atoms with E-state index in [1.54, 1.807) is 43.5 Å². The Morgan fingerprint density at radius 3 is 2.48 bits per heavy atom. The SMILES string of the molecule is COc1ccc(/C=C/C(=O)c2ccc(O)cc2O)cc1COc1ccc(Cl)cc1. The average Bonchev–Trinajstić information content (AvgIpc) is 2.71. The van der Waals surface area contributed by atoms with Gasteiger partial charge in [0.1, 0.15) is 29.6 Å². The highest BCUT2D eigenvalue weighted by Crippen LogP contribution is 2.25. The fourth-order valence-corrected chi connectivity index (χ4v) is 2.82. The smallest absolute Gasteiger partial charge is 0.189 e. The molecule has 6 heteroatoms. The van der Waals surface area contributed by atoms with Crippen molar-refractivity contribution in [3.63, 3.8) is 0 Å². The van der Waals surface area contributed by atoms with Gasteiger partial charge in [0, 0.05) is 16.7 Å². The van der Waals surface area contributed by atoms with Gasteiger partial charge in [-0.1, -0.05) is 23.7 Å². The zero-order chi connectivity index (χ0) is 20.8. The summed E-state index contributed by atoms with van der Waals surface area (Å²) in [5.41, 5.74) is 1.69. The first-order valence-electron chi connectivity index (χ1n) is 8.76. The number of rotatable bonds is 7. The summed E-state index contributed by atoms with van der Waals surface area (Å²) in [5.74, 6) is 0.584. The highest BCUT2D eigenvalue weighted by molar-refractivity contribution is 6.30. The summed E-state index contributed by atoms with van der Waals surface area (Å²) < 4.78 is 11.2. The maximum atomic E-state index is 12.3. The molecule has 3 aromatic carbocycles. The van der Waals surface area contributed by atoms with Crippen LogP contribution in [0.15, 0.2) is 66.7 Å². The van der Waals surface area contributed by atoms with E-state index in [2.05, 4.69) is 0 Å². The van der Waals surface area contributed by atoms with E-state index in [0.717, 1.165) is 17.2 Å². The average molecular weight is 411 g/mol. The summed E-state index contributed by atoms with van der Waals surface area (Å²) in [6, 6.07) is 16.4. The normalized spacial score (nSPS) is 10.8. The summed E-state index contributed by atoms with van der Waals surface area (Å²) in [4.78, 5) is 12.3. The number of carbonyl (C=O) groups excluding carboxylic acids is 1. The third-order valence-corrected chi connectivity index (χ3v) is 4.44. The molecule has 29 heavy (non-hydrogen) atoms. The summed E-state index contributed by atoms with van der Waals surface area (Å²) in [7, 11) is 1.58. The predicted molar refractivity (Wildman–Crippen MR) is 112 cm³/mol. The van der Waals surface area contributed by atoms with Gasteiger partial charge in [-0.05, 0) is 60.2 Å². The van der Waals surface area contributed by atoms with Crippen LogP contribution < -0.4 is 9.47 Å². The molecule has 0 aliphatic carbocycles. The Kier molecular flexibility index (Phi) is 6.42. The molecule has 0 saturated heterocycles. The second-order valence-corrected chi connectivity index (χ2v) is 6.65. The molecule has 0 saturated carbocycles. The fraction of sp³-hybridized carbons (Fsp3) is 0.0870. The summed E-state index contributed by atoms with van der Waals surface area (Å²) in [5, 5.41) is 19.8. The van der Waals surface area contributed by atoms with E-state index in [9.17, 15) is 15.0 Å². The number of allylic oxidation sites excluding steroid dienone is 1. The number of halogens is 1. The van der Waals surface area contributed by atoms with Crippen molar-refractivity contribution in [2.75, 3.05) is 7.11 Å². The zero-order valence-corrected chi connectivity index (χ0v) is 16.4. The van der Waals surface area contributed by atoms with Gasteiger partial charge in [0.05, 0.1) is 12.7 Å². The highest BCUT2D eigenvalue weighted by atomic mass is 35.5. The molecule has 148 valence electrons. The van der Waals surface area contributed by atoms with E-state index in [0.29, 0.717) is 16.5 Å². The van der Waals surface area contributed by atoms with Gasteiger partial charge in [-0.2, -0.15) is 0 Å². The number of benzene rings is 3. The minimum absolute atomic E-state index is 0.108. The lowest BCUT2D eigenvalue weighted by atomic mass is 10.1. The van der Waals surface area contributed by atoms with Crippen LogP contribution in [0.3, 0.4) is 0 Å². The number of methoxy groups -OCH3 is 1. The van der Waals surface area contributed by atoms with E-state index in [4.69, 9.17) is 21.1 Å². The lowest BCUT2D eigenvalue weighted by Crippen LogP contribution is -1.99. The van der Waals surface area contributed by atoms with Gasteiger partial charge in [-0.3, -0.25) is 4.79 Å². The van der Waals surface area contributed by atoms with Gasteiger partial charge >= 0.3 is 0 Å². The Labute approximate surface area is 173 Å². The van der Waals surface area contributed by atoms with Gasteiger partial charge in [0.15, 0.2) is 5.78 Å². The van der Waals surface area contributed by atoms with Crippen molar-refractivity contribution in [3.05, 3.63) is 88.5 Å². The maximum Gasteiger partial charge on any atom is 0.189 e. The predicted octanol–water partition coefficient (Wildman–Crippen LogP) is 5.23. The molecule has 0 heterocycles. The van der Waals surface area contributed by atoms with E-state index in [1.807, 2.05) is 12.1 Å². The van der Waals surface area contributed by atoms with Crippen LogP contribution in [0.5, 0.6) is 23.0 Å². The first kappa shape index (κ1) is 20.3. The number of hydrogen-bond acceptors (Lipinski definition) is 5. The van der Waals surface area contributed by atoms with Gasteiger partial charge in [0.2, 0.25) is 0 Å². The van der Waals surface area contributed by atoms with Crippen molar-refractivity contribution in [2.24, 2.45) is 0 Å². The molecule has 5 nitrogen and oxygen atoms in total. The summed E-state index contributed by atoms with van der Waals surface area (Å²) in [6.07, 6.45) is 3.00. The number of phenolic OH excluding ortho intramolecular Hbond substituents is 2. The molecule has 0 aliphatic heterocycles. The summed E-state index contributed by atoms with van der Waals surface area (Å²) >= 11 is 5.88. The van der Waals surface area contributed by atoms with Crippen LogP contribution in [0, 0.1) is 0 Å². The summed E-state index contributed by atoms with van der Waals surface area (Å²) in [6.45, 7) is 0.277. The molecule has 2 N–H and O–H groups in total. The zero-order valence-electron chi connectivity index (χ0n) is 15.6. The Morgan fingerprint density at radius 2 is 1.79 bits per heavy atom. The lowest BCUT2D eigenvalue weighted by Gasteiger charge is -2.11. The Morgan fingerprint density at radius 1 is 1.03 bits per heavy atom. The van der Waals surface area contributed by atoms with E-state index in [1.165, 1.54) is 18.2 Å². The van der Waals surface area contributed by atoms with Crippen molar-refractivity contribution < 1.29 is 24.5 Å². The third-order valence-electron chi connectivity index (χ3n) is 4.19. The van der Waals surface area contributed by atoms with Crippen molar-refractivity contribution >= 4 is 23.5 Å². The van der Waals surface area contributed by atoms with Gasteiger partial charge in [-0.25, -0.2) is 0 Å². The largest absolute Gasteiger partial charge is 0.508 e. The molecule has 0 fully saturated rings. The Hall–Kier alpha value is -3.44. The van der Waals surface area contributed by atoms with Crippen molar-refractivity contribution in [2.45, 2.75) is 6.61 Å². The van der Waals surface area contributed by atoms with Crippen molar-refractivity contribution in [3.8, 4) is 23.0 Å². The van der Waals surface area contributed by atoms with Crippen LogP contribution in [0.2, 0.25) is 5.02 Å². The molecule has 0 aromatic heterocycles. The Balaban J connectivity index is 1.75. The number of aromatic hydroxyl groups is 2. The first-order valence-corrected chi connectivity index (χ1v) is 9.14. The number of phenols is 2. The van der Waals surface area contributed by atoms with E-state index in [-0.39, 0.29) is 29.5 Å². The topological polar surface area (TPSA) is 76.0 Å². The van der Waals surface area contributed by atoms with Crippen LogP contribution >= 0.6 is 11.6 Å². The molecular formula is C23H19ClO5. The van der Waals surface area contributed by atoms with Gasteiger partial charge in [-0.15, -0.1) is 0 Å². The molecule has 0 radical (unpaired) electrons. The van der Waals surface area contributed by atoms with Gasteiger partial charge < -0.3 is 19.7 Å². The second kappa shape index (κ2) is 9.17. The number of hydrogen-bond donors (Lipinski definition) is 2.